The number of rotatable bonds is 3. The van der Waals surface area contributed by atoms with Crippen LogP contribution in [0.25, 0.3) is 0 Å². The lowest BCUT2D eigenvalue weighted by Gasteiger charge is -2.10. The molecule has 12 heavy (non-hydrogen) atoms. The maximum atomic E-state index is 5.93. The molecule has 1 aromatic heterocycles. The van der Waals surface area contributed by atoms with Crippen molar-refractivity contribution in [3.8, 4) is 0 Å². The van der Waals surface area contributed by atoms with Gasteiger partial charge in [0.15, 0.2) is 0 Å². The van der Waals surface area contributed by atoms with Gasteiger partial charge in [0.05, 0.1) is 5.69 Å². The Bertz CT molecular complexity index is 240. The lowest BCUT2D eigenvalue weighted by molar-refractivity contribution is 0.501. The molecule has 0 amide bonds. The molecule has 0 unspecified atom stereocenters. The van der Waals surface area contributed by atoms with Gasteiger partial charge in [-0.3, -0.25) is 5.10 Å². The minimum absolute atomic E-state index is 0.0787. The van der Waals surface area contributed by atoms with E-state index < -0.39 is 0 Å². The third kappa shape index (κ3) is 2.34. The molecule has 1 atom stereocenters. The van der Waals surface area contributed by atoms with Crippen LogP contribution < -0.4 is 5.73 Å². The van der Waals surface area contributed by atoms with E-state index in [4.69, 9.17) is 5.73 Å². The van der Waals surface area contributed by atoms with Crippen molar-refractivity contribution >= 4 is 0 Å². The largest absolute Gasteiger partial charge is 0.323 e. The van der Waals surface area contributed by atoms with Gasteiger partial charge in [0.25, 0.3) is 0 Å². The van der Waals surface area contributed by atoms with E-state index in [1.54, 1.807) is 0 Å². The van der Waals surface area contributed by atoms with Gasteiger partial charge in [-0.2, -0.15) is 5.10 Å². The fourth-order valence-electron chi connectivity index (χ4n) is 1.26. The summed E-state index contributed by atoms with van der Waals surface area (Å²) in [6, 6.07) is 2.09. The first kappa shape index (κ1) is 9.26. The number of hydrogen-bond acceptors (Lipinski definition) is 2. The number of nitrogens with zero attached hydrogens (tertiary/aromatic N) is 1. The zero-order chi connectivity index (χ0) is 9.14. The summed E-state index contributed by atoms with van der Waals surface area (Å²) < 4.78 is 0. The van der Waals surface area contributed by atoms with Gasteiger partial charge in [0, 0.05) is 11.7 Å². The third-order valence-corrected chi connectivity index (χ3v) is 1.83. The Labute approximate surface area is 73.4 Å². The smallest absolute Gasteiger partial charge is 0.0792 e. The second-order valence-electron chi connectivity index (χ2n) is 3.71. The standard InChI is InChI=1S/C9H17N3/c1-6(2)4-8(10)9-5-7(3)11-12-9/h5-6,8H,4,10H2,1-3H3,(H,11,12)/t8-/m1/s1. The highest BCUT2D eigenvalue weighted by molar-refractivity contribution is 5.10. The van der Waals surface area contributed by atoms with Crippen LogP contribution in [0.5, 0.6) is 0 Å². The molecule has 0 fully saturated rings. The summed E-state index contributed by atoms with van der Waals surface area (Å²) in [5, 5.41) is 7.01. The molecule has 0 spiro atoms. The van der Waals surface area contributed by atoms with E-state index in [1.807, 2.05) is 13.0 Å². The fraction of sp³-hybridized carbons (Fsp3) is 0.667. The molecule has 0 bridgehead atoms. The Morgan fingerprint density at radius 3 is 2.67 bits per heavy atom. The van der Waals surface area contributed by atoms with E-state index >= 15 is 0 Å². The molecule has 0 aliphatic heterocycles. The van der Waals surface area contributed by atoms with Crippen LogP contribution in [0.2, 0.25) is 0 Å². The summed E-state index contributed by atoms with van der Waals surface area (Å²) in [4.78, 5) is 0. The predicted octanol–water partition coefficient (Wildman–Crippen LogP) is 1.76. The summed E-state index contributed by atoms with van der Waals surface area (Å²) in [7, 11) is 0. The highest BCUT2D eigenvalue weighted by Crippen LogP contribution is 2.16. The van der Waals surface area contributed by atoms with Crippen molar-refractivity contribution in [3.05, 3.63) is 17.5 Å². The number of H-pyrrole nitrogens is 1. The lowest BCUT2D eigenvalue weighted by Crippen LogP contribution is -2.13. The zero-order valence-corrected chi connectivity index (χ0v) is 7.96. The van der Waals surface area contributed by atoms with E-state index in [0.29, 0.717) is 5.92 Å². The Morgan fingerprint density at radius 1 is 1.58 bits per heavy atom. The van der Waals surface area contributed by atoms with Gasteiger partial charge >= 0.3 is 0 Å². The molecule has 1 aromatic rings. The molecule has 0 aliphatic rings. The molecule has 68 valence electrons. The maximum Gasteiger partial charge on any atom is 0.0792 e. The molecule has 0 aromatic carbocycles. The van der Waals surface area contributed by atoms with Crippen LogP contribution in [0.15, 0.2) is 6.07 Å². The van der Waals surface area contributed by atoms with Gasteiger partial charge in [-0.05, 0) is 25.3 Å². The van der Waals surface area contributed by atoms with E-state index in [9.17, 15) is 0 Å². The molecule has 0 aliphatic carbocycles. The van der Waals surface area contributed by atoms with Crippen molar-refractivity contribution in [1.29, 1.82) is 0 Å². The molecule has 0 saturated carbocycles. The summed E-state index contributed by atoms with van der Waals surface area (Å²) >= 11 is 0. The van der Waals surface area contributed by atoms with E-state index in [-0.39, 0.29) is 6.04 Å². The van der Waals surface area contributed by atoms with Gasteiger partial charge in [0.1, 0.15) is 0 Å². The molecule has 1 rings (SSSR count). The SMILES string of the molecule is Cc1cc([C@H](N)CC(C)C)n[nH]1. The fourth-order valence-corrected chi connectivity index (χ4v) is 1.26. The normalized spacial score (nSPS) is 13.8. The Hall–Kier alpha value is -0.830. The lowest BCUT2D eigenvalue weighted by atomic mass is 10.0. The molecule has 0 radical (unpaired) electrons. The molecular formula is C9H17N3. The quantitative estimate of drug-likeness (QED) is 0.720. The predicted molar refractivity (Wildman–Crippen MR) is 49.7 cm³/mol. The molecular weight excluding hydrogens is 150 g/mol. The number of aromatic nitrogens is 2. The molecule has 3 N–H and O–H groups in total. The van der Waals surface area contributed by atoms with Crippen LogP contribution in [0, 0.1) is 12.8 Å². The van der Waals surface area contributed by atoms with Gasteiger partial charge in [-0.15, -0.1) is 0 Å². The third-order valence-electron chi connectivity index (χ3n) is 1.83. The minimum atomic E-state index is 0.0787. The summed E-state index contributed by atoms with van der Waals surface area (Å²) in [6.45, 7) is 6.32. The van der Waals surface area contributed by atoms with Gasteiger partial charge in [-0.1, -0.05) is 13.8 Å². The monoisotopic (exact) mass is 167 g/mol. The van der Waals surface area contributed by atoms with Gasteiger partial charge < -0.3 is 5.73 Å². The van der Waals surface area contributed by atoms with Crippen LogP contribution in [0.1, 0.15) is 37.7 Å². The second kappa shape index (κ2) is 3.72. The van der Waals surface area contributed by atoms with E-state index in [1.165, 1.54) is 0 Å². The topological polar surface area (TPSA) is 54.7 Å². The highest BCUT2D eigenvalue weighted by atomic mass is 15.1. The van der Waals surface area contributed by atoms with Gasteiger partial charge in [-0.25, -0.2) is 0 Å². The van der Waals surface area contributed by atoms with Crippen molar-refractivity contribution in [1.82, 2.24) is 10.2 Å². The summed E-state index contributed by atoms with van der Waals surface area (Å²) in [5.74, 6) is 0.622. The Morgan fingerprint density at radius 2 is 2.25 bits per heavy atom. The van der Waals surface area contributed by atoms with Crippen molar-refractivity contribution in [2.24, 2.45) is 11.7 Å². The summed E-state index contributed by atoms with van der Waals surface area (Å²) in [6.07, 6.45) is 0.990. The second-order valence-corrected chi connectivity index (χ2v) is 3.71. The van der Waals surface area contributed by atoms with Crippen molar-refractivity contribution in [2.45, 2.75) is 33.2 Å². The number of hydrogen-bond donors (Lipinski definition) is 2. The van der Waals surface area contributed by atoms with Crippen molar-refractivity contribution in [3.63, 3.8) is 0 Å². The van der Waals surface area contributed by atoms with Crippen LogP contribution in [-0.4, -0.2) is 10.2 Å². The Balaban J connectivity index is 2.58. The maximum absolute atomic E-state index is 5.93. The first-order valence-corrected chi connectivity index (χ1v) is 4.37. The molecule has 3 nitrogen and oxygen atoms in total. The average Bonchev–Trinajstić information content (AvgIpc) is 2.34. The van der Waals surface area contributed by atoms with E-state index in [2.05, 4.69) is 24.0 Å². The van der Waals surface area contributed by atoms with Crippen molar-refractivity contribution < 1.29 is 0 Å². The zero-order valence-electron chi connectivity index (χ0n) is 7.96. The van der Waals surface area contributed by atoms with Crippen LogP contribution >= 0.6 is 0 Å². The van der Waals surface area contributed by atoms with Crippen molar-refractivity contribution in [2.75, 3.05) is 0 Å². The molecule has 1 heterocycles. The Kier molecular flexibility index (Phi) is 2.87. The molecule has 0 saturated heterocycles. The number of aryl methyl sites for hydroxylation is 1. The first-order valence-electron chi connectivity index (χ1n) is 4.37. The summed E-state index contributed by atoms with van der Waals surface area (Å²) in [5.41, 5.74) is 7.97. The average molecular weight is 167 g/mol. The van der Waals surface area contributed by atoms with Crippen LogP contribution in [0.4, 0.5) is 0 Å². The first-order chi connectivity index (χ1) is 5.59. The van der Waals surface area contributed by atoms with E-state index in [0.717, 1.165) is 17.8 Å². The number of aromatic amines is 1. The van der Waals surface area contributed by atoms with Crippen LogP contribution in [0.3, 0.4) is 0 Å². The highest BCUT2D eigenvalue weighted by Gasteiger charge is 2.10. The number of nitrogens with one attached hydrogen (secondary N) is 1. The number of nitrogens with two attached hydrogens (primary N) is 1. The van der Waals surface area contributed by atoms with Gasteiger partial charge in [0.2, 0.25) is 0 Å². The van der Waals surface area contributed by atoms with Crippen LogP contribution in [-0.2, 0) is 0 Å². The molecule has 3 heteroatoms. The minimum Gasteiger partial charge on any atom is -0.323 e.